The average molecular weight is 562 g/mol. The number of fused-ring (bicyclic) bond motifs is 2. The lowest BCUT2D eigenvalue weighted by Crippen LogP contribution is -2.16. The van der Waals surface area contributed by atoms with Crippen molar-refractivity contribution in [1.82, 2.24) is 19.7 Å². The van der Waals surface area contributed by atoms with Crippen LogP contribution in [0, 0.1) is 17.5 Å². The molecule has 40 heavy (non-hydrogen) atoms. The smallest absolute Gasteiger partial charge is 0.262 e. The Bertz CT molecular complexity index is 2090. The maximum absolute atomic E-state index is 15.5. The van der Waals surface area contributed by atoms with E-state index in [-0.39, 0.29) is 5.56 Å². The first kappa shape index (κ1) is 25.3. The van der Waals surface area contributed by atoms with Gasteiger partial charge in [-0.1, -0.05) is 18.2 Å². The van der Waals surface area contributed by atoms with Gasteiger partial charge in [0.25, 0.3) is 10.0 Å². The highest BCUT2D eigenvalue weighted by Gasteiger charge is 2.26. The molecule has 6 rings (SSSR count). The number of ketones is 1. The molecule has 0 amide bonds. The molecule has 0 radical (unpaired) electrons. The summed E-state index contributed by atoms with van der Waals surface area (Å²) in [4.78, 5) is 20.2. The average Bonchev–Trinajstić information content (AvgIpc) is 3.52. The summed E-state index contributed by atoms with van der Waals surface area (Å²) in [7, 11) is -2.63. The van der Waals surface area contributed by atoms with Crippen molar-refractivity contribution in [2.24, 2.45) is 7.05 Å². The van der Waals surface area contributed by atoms with Gasteiger partial charge in [-0.3, -0.25) is 14.2 Å². The third-order valence-corrected chi connectivity index (χ3v) is 7.76. The maximum Gasteiger partial charge on any atom is 0.262 e. The Morgan fingerprint density at radius 2 is 1.82 bits per heavy atom. The summed E-state index contributed by atoms with van der Waals surface area (Å²) >= 11 is 0. The molecule has 0 saturated carbocycles. The lowest BCUT2D eigenvalue weighted by atomic mass is 9.99. The van der Waals surface area contributed by atoms with Crippen molar-refractivity contribution < 1.29 is 26.4 Å². The molecular weight excluding hydrogens is 543 g/mol. The van der Waals surface area contributed by atoms with Gasteiger partial charge in [-0.05, 0) is 48.0 Å². The fraction of sp³-hybridized carbons (Fsp3) is 0.0357. The second kappa shape index (κ2) is 9.35. The monoisotopic (exact) mass is 561 g/mol. The van der Waals surface area contributed by atoms with Gasteiger partial charge in [0.15, 0.2) is 5.82 Å². The molecule has 0 aliphatic rings. The van der Waals surface area contributed by atoms with Crippen molar-refractivity contribution in [3.8, 4) is 11.1 Å². The topological polar surface area (TPSA) is 110 Å². The van der Waals surface area contributed by atoms with Gasteiger partial charge in [-0.2, -0.15) is 5.10 Å². The highest BCUT2D eigenvalue weighted by Crippen LogP contribution is 2.31. The number of hydrogen-bond donors (Lipinski definition) is 2. The second-order valence-electron chi connectivity index (χ2n) is 9.07. The molecule has 0 bridgehead atoms. The number of halogens is 3. The number of H-pyrrole nitrogens is 1. The van der Waals surface area contributed by atoms with E-state index in [1.54, 1.807) is 16.9 Å². The summed E-state index contributed by atoms with van der Waals surface area (Å²) < 4.78 is 72.9. The lowest BCUT2D eigenvalue weighted by Gasteiger charge is -2.12. The van der Waals surface area contributed by atoms with Gasteiger partial charge in [0.1, 0.15) is 17.3 Å². The van der Waals surface area contributed by atoms with Gasteiger partial charge in [-0.15, -0.1) is 0 Å². The first-order valence-corrected chi connectivity index (χ1v) is 13.3. The van der Waals surface area contributed by atoms with E-state index in [9.17, 15) is 22.0 Å². The molecule has 0 fully saturated rings. The summed E-state index contributed by atoms with van der Waals surface area (Å²) in [6, 6.07) is 13.0. The third-order valence-electron chi connectivity index (χ3n) is 6.40. The van der Waals surface area contributed by atoms with Crippen LogP contribution in [0.1, 0.15) is 15.9 Å². The molecule has 0 spiro atoms. The van der Waals surface area contributed by atoms with E-state index < -0.39 is 49.4 Å². The number of aryl methyl sites for hydroxylation is 1. The molecule has 12 heteroatoms. The first-order valence-electron chi connectivity index (χ1n) is 11.8. The summed E-state index contributed by atoms with van der Waals surface area (Å²) in [5.74, 6) is -4.43. The van der Waals surface area contributed by atoms with Crippen LogP contribution in [0.15, 0.2) is 84.1 Å². The predicted molar refractivity (Wildman–Crippen MR) is 143 cm³/mol. The number of benzene rings is 3. The van der Waals surface area contributed by atoms with Gasteiger partial charge in [-0.25, -0.2) is 26.6 Å². The molecule has 0 aliphatic carbocycles. The van der Waals surface area contributed by atoms with Crippen LogP contribution in [0.3, 0.4) is 0 Å². The summed E-state index contributed by atoms with van der Waals surface area (Å²) in [6.45, 7) is 0. The fourth-order valence-electron chi connectivity index (χ4n) is 4.48. The first-order chi connectivity index (χ1) is 19.1. The molecule has 0 atom stereocenters. The molecule has 6 aromatic rings. The van der Waals surface area contributed by atoms with Crippen molar-refractivity contribution >= 4 is 43.4 Å². The predicted octanol–water partition coefficient (Wildman–Crippen LogP) is 5.57. The van der Waals surface area contributed by atoms with Crippen LogP contribution < -0.4 is 4.72 Å². The highest BCUT2D eigenvalue weighted by atomic mass is 32.2. The van der Waals surface area contributed by atoms with Crippen molar-refractivity contribution in [1.29, 1.82) is 0 Å². The summed E-state index contributed by atoms with van der Waals surface area (Å²) in [5, 5.41) is 5.65. The normalized spacial score (nSPS) is 11.8. The minimum atomic E-state index is -4.44. The zero-order valence-corrected chi connectivity index (χ0v) is 21.4. The molecule has 0 unspecified atom stereocenters. The van der Waals surface area contributed by atoms with Crippen molar-refractivity contribution in [3.05, 3.63) is 108 Å². The number of nitrogens with zero attached hydrogens (tertiary/aromatic N) is 3. The van der Waals surface area contributed by atoms with Crippen LogP contribution in [-0.4, -0.2) is 33.9 Å². The molecule has 3 aromatic heterocycles. The summed E-state index contributed by atoms with van der Waals surface area (Å²) in [5.41, 5.74) is 0.794. The van der Waals surface area contributed by atoms with Crippen LogP contribution in [0.25, 0.3) is 33.1 Å². The van der Waals surface area contributed by atoms with E-state index in [1.807, 2.05) is 36.2 Å². The molecule has 3 aromatic carbocycles. The Labute approximate surface area is 225 Å². The SMILES string of the molecule is Cn1cc2ccc(-c3cnc4[nH]cc(C(=O)c5c(F)ccc(NS(=O)(=O)c6cccc(F)c6)c5F)c4c3)cc2n1. The zero-order valence-electron chi connectivity index (χ0n) is 20.6. The Morgan fingerprint density at radius 3 is 2.62 bits per heavy atom. The molecule has 200 valence electrons. The number of aromatic amines is 1. The lowest BCUT2D eigenvalue weighted by molar-refractivity contribution is 0.103. The van der Waals surface area contributed by atoms with E-state index in [4.69, 9.17) is 0 Å². The number of rotatable bonds is 6. The fourth-order valence-corrected chi connectivity index (χ4v) is 5.57. The number of pyridine rings is 1. The van der Waals surface area contributed by atoms with Crippen molar-refractivity contribution in [3.63, 3.8) is 0 Å². The Balaban J connectivity index is 1.39. The Hall–Kier alpha value is -4.97. The van der Waals surface area contributed by atoms with E-state index in [0.717, 1.165) is 46.8 Å². The van der Waals surface area contributed by atoms with Crippen molar-refractivity contribution in [2.75, 3.05) is 4.72 Å². The van der Waals surface area contributed by atoms with E-state index in [1.165, 1.54) is 12.3 Å². The van der Waals surface area contributed by atoms with Gasteiger partial charge < -0.3 is 4.98 Å². The number of aromatic nitrogens is 4. The molecular formula is C28H18F3N5O3S. The van der Waals surface area contributed by atoms with E-state index in [2.05, 4.69) is 15.1 Å². The van der Waals surface area contributed by atoms with Crippen LogP contribution >= 0.6 is 0 Å². The number of carbonyl (C=O) groups is 1. The number of nitrogens with one attached hydrogen (secondary N) is 2. The molecule has 8 nitrogen and oxygen atoms in total. The molecule has 3 heterocycles. The largest absolute Gasteiger partial charge is 0.345 e. The maximum atomic E-state index is 15.5. The van der Waals surface area contributed by atoms with Crippen LogP contribution in [0.2, 0.25) is 0 Å². The van der Waals surface area contributed by atoms with Gasteiger partial charge in [0.05, 0.1) is 21.7 Å². The zero-order chi connectivity index (χ0) is 28.2. The van der Waals surface area contributed by atoms with Gasteiger partial charge in [0.2, 0.25) is 5.78 Å². The van der Waals surface area contributed by atoms with E-state index in [0.29, 0.717) is 16.6 Å². The number of anilines is 1. The molecule has 0 saturated heterocycles. The minimum Gasteiger partial charge on any atom is -0.345 e. The van der Waals surface area contributed by atoms with Crippen LogP contribution in [-0.2, 0) is 17.1 Å². The number of carbonyl (C=O) groups excluding carboxylic acids is 1. The molecule has 0 aliphatic heterocycles. The molecule has 2 N–H and O–H groups in total. The van der Waals surface area contributed by atoms with Crippen molar-refractivity contribution in [2.45, 2.75) is 4.90 Å². The minimum absolute atomic E-state index is 0.0637. The van der Waals surface area contributed by atoms with Crippen LogP contribution in [0.5, 0.6) is 0 Å². The number of hydrogen-bond acceptors (Lipinski definition) is 5. The standard InChI is InChI=1S/C28H18F3N5O3S/c1-36-14-16-6-5-15(10-24(16)34-36)17-9-20-21(13-33-28(20)32-12-17)27(37)25-22(30)7-8-23(26(25)31)35-40(38,39)19-4-2-3-18(29)11-19/h2-14,35H,1H3,(H,32,33). The quantitative estimate of drug-likeness (QED) is 0.259. The summed E-state index contributed by atoms with van der Waals surface area (Å²) in [6.07, 6.45) is 4.76. The van der Waals surface area contributed by atoms with E-state index >= 15 is 4.39 Å². The highest BCUT2D eigenvalue weighted by molar-refractivity contribution is 7.92. The van der Waals surface area contributed by atoms with Gasteiger partial charge >= 0.3 is 0 Å². The second-order valence-corrected chi connectivity index (χ2v) is 10.8. The Morgan fingerprint density at radius 1 is 1.00 bits per heavy atom. The number of sulfonamides is 1. The van der Waals surface area contributed by atoms with Crippen LogP contribution in [0.4, 0.5) is 18.9 Å². The Kier molecular flexibility index (Phi) is 5.91. The third kappa shape index (κ3) is 4.37. The van der Waals surface area contributed by atoms with Gasteiger partial charge in [0, 0.05) is 47.5 Å².